The van der Waals surface area contributed by atoms with E-state index in [-0.39, 0.29) is 0 Å². The zero-order chi connectivity index (χ0) is 15.1. The summed E-state index contributed by atoms with van der Waals surface area (Å²) in [5.41, 5.74) is 6.94. The highest BCUT2D eigenvalue weighted by atomic mass is 32.2. The molecule has 0 atom stereocenters. The van der Waals surface area contributed by atoms with Gasteiger partial charge in [0, 0.05) is 12.3 Å². The summed E-state index contributed by atoms with van der Waals surface area (Å²) in [6.45, 7) is 6.15. The van der Waals surface area contributed by atoms with Gasteiger partial charge in [-0.25, -0.2) is 0 Å². The zero-order valence-corrected chi connectivity index (χ0v) is 13.4. The third kappa shape index (κ3) is 4.22. The zero-order valence-electron chi connectivity index (χ0n) is 12.6. The number of ether oxygens (including phenoxy) is 1. The molecule has 0 amide bonds. The molecule has 0 aliphatic rings. The number of aromatic nitrogens is 3. The van der Waals surface area contributed by atoms with Gasteiger partial charge in [-0.2, -0.15) is 0 Å². The van der Waals surface area contributed by atoms with Crippen LogP contribution in [0, 0.1) is 0 Å². The second-order valence-electron chi connectivity index (χ2n) is 4.62. The summed E-state index contributed by atoms with van der Waals surface area (Å²) >= 11 is 1.69. The normalized spacial score (nSPS) is 10.8. The second-order valence-corrected chi connectivity index (χ2v) is 5.56. The van der Waals surface area contributed by atoms with Crippen LogP contribution in [0.1, 0.15) is 31.7 Å². The first-order valence-electron chi connectivity index (χ1n) is 7.25. The molecule has 1 aromatic heterocycles. The molecule has 0 bridgehead atoms. The number of thioether (sulfide) groups is 1. The van der Waals surface area contributed by atoms with Gasteiger partial charge in [-0.1, -0.05) is 30.8 Å². The molecule has 0 spiro atoms. The predicted octanol–water partition coefficient (Wildman–Crippen LogP) is 2.84. The number of nitrogens with zero attached hydrogens (tertiary/aromatic N) is 3. The Kier molecular flexibility index (Phi) is 6.07. The van der Waals surface area contributed by atoms with E-state index in [1.807, 2.05) is 19.1 Å². The van der Waals surface area contributed by atoms with Gasteiger partial charge < -0.3 is 15.0 Å². The van der Waals surface area contributed by atoms with Crippen molar-refractivity contribution in [2.45, 2.75) is 44.3 Å². The van der Waals surface area contributed by atoms with Gasteiger partial charge in [-0.15, -0.1) is 10.2 Å². The number of nitrogens with two attached hydrogens (primary N) is 1. The highest BCUT2D eigenvalue weighted by molar-refractivity contribution is 7.98. The van der Waals surface area contributed by atoms with Gasteiger partial charge in [0.05, 0.1) is 13.2 Å². The summed E-state index contributed by atoms with van der Waals surface area (Å²) in [5, 5.41) is 9.33. The van der Waals surface area contributed by atoms with Crippen LogP contribution < -0.4 is 10.5 Å². The van der Waals surface area contributed by atoms with Crippen LogP contribution in [0.2, 0.25) is 0 Å². The van der Waals surface area contributed by atoms with Crippen molar-refractivity contribution in [3.05, 3.63) is 35.7 Å². The quantitative estimate of drug-likeness (QED) is 0.760. The number of hydrogen-bond acceptors (Lipinski definition) is 5. The molecule has 0 saturated carbocycles. The summed E-state index contributed by atoms with van der Waals surface area (Å²) in [4.78, 5) is 0. The predicted molar refractivity (Wildman–Crippen MR) is 85.4 cm³/mol. The van der Waals surface area contributed by atoms with Crippen molar-refractivity contribution in [1.29, 1.82) is 0 Å². The van der Waals surface area contributed by atoms with Gasteiger partial charge in [0.1, 0.15) is 11.6 Å². The minimum atomic E-state index is 0.427. The van der Waals surface area contributed by atoms with Crippen molar-refractivity contribution >= 4 is 11.8 Å². The molecule has 1 heterocycles. The fourth-order valence-electron chi connectivity index (χ4n) is 2.02. The molecule has 6 heteroatoms. The summed E-state index contributed by atoms with van der Waals surface area (Å²) in [6.07, 6.45) is 1.04. The van der Waals surface area contributed by atoms with E-state index >= 15 is 0 Å². The first-order valence-corrected chi connectivity index (χ1v) is 8.23. The van der Waals surface area contributed by atoms with Gasteiger partial charge in [0.15, 0.2) is 5.16 Å². The Labute approximate surface area is 129 Å². The Bertz CT molecular complexity index is 553. The average Bonchev–Trinajstić information content (AvgIpc) is 2.89. The molecule has 5 nitrogen and oxygen atoms in total. The van der Waals surface area contributed by atoms with Crippen LogP contribution in [0.15, 0.2) is 29.4 Å². The molecule has 0 aliphatic carbocycles. The molecule has 2 rings (SSSR count). The van der Waals surface area contributed by atoms with Crippen LogP contribution in [0.5, 0.6) is 5.75 Å². The molecule has 114 valence electrons. The van der Waals surface area contributed by atoms with E-state index in [2.05, 4.69) is 33.8 Å². The monoisotopic (exact) mass is 306 g/mol. The lowest BCUT2D eigenvalue weighted by atomic mass is 10.2. The van der Waals surface area contributed by atoms with Crippen LogP contribution in [-0.4, -0.2) is 21.4 Å². The molecule has 21 heavy (non-hydrogen) atoms. The van der Waals surface area contributed by atoms with Crippen LogP contribution in [0.3, 0.4) is 0 Å². The molecule has 0 unspecified atom stereocenters. The van der Waals surface area contributed by atoms with Crippen LogP contribution >= 0.6 is 11.8 Å². The van der Waals surface area contributed by atoms with E-state index < -0.39 is 0 Å². The van der Waals surface area contributed by atoms with Crippen molar-refractivity contribution in [3.8, 4) is 5.75 Å². The highest BCUT2D eigenvalue weighted by Crippen LogP contribution is 2.23. The molecule has 2 aromatic rings. The van der Waals surface area contributed by atoms with E-state index in [1.54, 1.807) is 11.8 Å². The molecule has 2 N–H and O–H groups in total. The van der Waals surface area contributed by atoms with Gasteiger partial charge >= 0.3 is 0 Å². The Hall–Kier alpha value is -1.53. The fourth-order valence-corrected chi connectivity index (χ4v) is 2.96. The maximum Gasteiger partial charge on any atom is 0.191 e. The Morgan fingerprint density at radius 3 is 2.57 bits per heavy atom. The molecule has 0 aliphatic heterocycles. The fraction of sp³-hybridized carbons (Fsp3) is 0.467. The minimum absolute atomic E-state index is 0.427. The number of rotatable bonds is 8. The van der Waals surface area contributed by atoms with Crippen LogP contribution in [0.25, 0.3) is 0 Å². The van der Waals surface area contributed by atoms with Crippen LogP contribution in [-0.2, 0) is 18.8 Å². The number of benzene rings is 1. The van der Waals surface area contributed by atoms with Crippen molar-refractivity contribution in [1.82, 2.24) is 14.8 Å². The summed E-state index contributed by atoms with van der Waals surface area (Å²) in [5.74, 6) is 2.62. The third-order valence-electron chi connectivity index (χ3n) is 3.03. The van der Waals surface area contributed by atoms with E-state index in [1.165, 1.54) is 5.56 Å². The first kappa shape index (κ1) is 15.9. The van der Waals surface area contributed by atoms with Crippen molar-refractivity contribution in [2.75, 3.05) is 6.61 Å². The topological polar surface area (TPSA) is 66.0 Å². The van der Waals surface area contributed by atoms with Crippen molar-refractivity contribution < 1.29 is 4.74 Å². The summed E-state index contributed by atoms with van der Waals surface area (Å²) in [7, 11) is 0. The smallest absolute Gasteiger partial charge is 0.191 e. The second kappa shape index (κ2) is 8.05. The van der Waals surface area contributed by atoms with E-state index in [9.17, 15) is 0 Å². The van der Waals surface area contributed by atoms with E-state index in [0.717, 1.165) is 35.4 Å². The third-order valence-corrected chi connectivity index (χ3v) is 4.06. The standard InChI is InChI=1S/C15H22N4OS/c1-3-9-19-14(10-16)17-18-15(19)21-11-12-5-7-13(8-6-12)20-4-2/h5-8H,3-4,9-11,16H2,1-2H3. The molecule has 1 aromatic carbocycles. The van der Waals surface area contributed by atoms with Gasteiger partial charge in [-0.3, -0.25) is 0 Å². The van der Waals surface area contributed by atoms with Crippen molar-refractivity contribution in [3.63, 3.8) is 0 Å². The summed E-state index contributed by atoms with van der Waals surface area (Å²) in [6, 6.07) is 8.17. The lowest BCUT2D eigenvalue weighted by Crippen LogP contribution is -2.09. The van der Waals surface area contributed by atoms with Gasteiger partial charge in [-0.05, 0) is 31.0 Å². The summed E-state index contributed by atoms with van der Waals surface area (Å²) < 4.78 is 7.56. The molecule has 0 fully saturated rings. The Balaban J connectivity index is 2.00. The maximum atomic E-state index is 5.70. The Morgan fingerprint density at radius 2 is 1.95 bits per heavy atom. The lowest BCUT2D eigenvalue weighted by molar-refractivity contribution is 0.340. The van der Waals surface area contributed by atoms with Gasteiger partial charge in [0.2, 0.25) is 0 Å². The molecule has 0 saturated heterocycles. The average molecular weight is 306 g/mol. The van der Waals surface area contributed by atoms with Crippen LogP contribution in [0.4, 0.5) is 0 Å². The highest BCUT2D eigenvalue weighted by Gasteiger charge is 2.10. The Morgan fingerprint density at radius 1 is 1.19 bits per heavy atom. The van der Waals surface area contributed by atoms with E-state index in [4.69, 9.17) is 10.5 Å². The number of hydrogen-bond donors (Lipinski definition) is 1. The molecular formula is C15H22N4OS. The minimum Gasteiger partial charge on any atom is -0.494 e. The van der Waals surface area contributed by atoms with Crippen molar-refractivity contribution in [2.24, 2.45) is 5.73 Å². The first-order chi connectivity index (χ1) is 10.3. The maximum absolute atomic E-state index is 5.70. The van der Waals surface area contributed by atoms with E-state index in [0.29, 0.717) is 13.2 Å². The van der Waals surface area contributed by atoms with Gasteiger partial charge in [0.25, 0.3) is 0 Å². The molecular weight excluding hydrogens is 284 g/mol. The SMILES string of the molecule is CCCn1c(CN)nnc1SCc1ccc(OCC)cc1. The largest absolute Gasteiger partial charge is 0.494 e. The molecule has 0 radical (unpaired) electrons. The lowest BCUT2D eigenvalue weighted by Gasteiger charge is -2.08.